The third kappa shape index (κ3) is 3.86. The van der Waals surface area contributed by atoms with Crippen LogP contribution < -0.4 is 10.1 Å². The Morgan fingerprint density at radius 2 is 2.10 bits per heavy atom. The number of nitrogens with one attached hydrogen (secondary N) is 1. The first kappa shape index (κ1) is 15.1. The average molecular weight is 289 g/mol. The van der Waals surface area contributed by atoms with E-state index in [-0.39, 0.29) is 19.1 Å². The lowest BCUT2D eigenvalue weighted by Crippen LogP contribution is -2.22. The van der Waals surface area contributed by atoms with Gasteiger partial charge in [0.1, 0.15) is 18.1 Å². The molecule has 1 aromatic carbocycles. The molecular weight excluding hydrogens is 270 g/mol. The van der Waals surface area contributed by atoms with Crippen molar-refractivity contribution in [1.29, 1.82) is 0 Å². The lowest BCUT2D eigenvalue weighted by Gasteiger charge is -2.10. The number of carbonyl (C=O) groups excluding carboxylic acids is 1. The minimum Gasteiger partial charge on any atom is -0.491 e. The molecule has 21 heavy (non-hydrogen) atoms. The molecule has 1 heterocycles. The summed E-state index contributed by atoms with van der Waals surface area (Å²) < 4.78 is 10.8. The minimum absolute atomic E-state index is 0.0500. The van der Waals surface area contributed by atoms with Crippen molar-refractivity contribution in [2.45, 2.75) is 20.4 Å². The number of ether oxygens (including phenoxy) is 1. The van der Waals surface area contributed by atoms with E-state index in [0.29, 0.717) is 18.1 Å². The molecule has 5 nitrogen and oxygen atoms in total. The summed E-state index contributed by atoms with van der Waals surface area (Å²) in [5.74, 6) is 1.44. The summed E-state index contributed by atoms with van der Waals surface area (Å²) in [6, 6.07) is 9.11. The quantitative estimate of drug-likeness (QED) is 0.855. The van der Waals surface area contributed by atoms with Gasteiger partial charge in [-0.25, -0.2) is 0 Å². The number of carbonyl (C=O) groups is 1. The molecule has 0 aliphatic rings. The molecule has 0 bridgehead atoms. The second-order valence-corrected chi connectivity index (χ2v) is 4.71. The number of benzene rings is 1. The number of aryl methyl sites for hydroxylation is 2. The topological polar surface area (TPSA) is 71.7 Å². The van der Waals surface area contributed by atoms with Gasteiger partial charge in [0.25, 0.3) is 5.91 Å². The second-order valence-electron chi connectivity index (χ2n) is 4.71. The van der Waals surface area contributed by atoms with Gasteiger partial charge in [0.15, 0.2) is 5.76 Å². The molecular formula is C16H19NO4. The number of para-hydroxylation sites is 1. The summed E-state index contributed by atoms with van der Waals surface area (Å²) in [6.07, 6.45) is 0. The van der Waals surface area contributed by atoms with Crippen LogP contribution in [-0.4, -0.2) is 24.2 Å². The monoisotopic (exact) mass is 289 g/mol. The van der Waals surface area contributed by atoms with Crippen molar-refractivity contribution in [3.05, 3.63) is 53.0 Å². The first-order valence-corrected chi connectivity index (χ1v) is 6.78. The molecule has 0 radical (unpaired) electrons. The number of rotatable bonds is 6. The molecule has 0 saturated carbocycles. The number of hydrogen-bond acceptors (Lipinski definition) is 4. The van der Waals surface area contributed by atoms with Crippen LogP contribution in [0, 0.1) is 13.8 Å². The molecule has 0 spiro atoms. The van der Waals surface area contributed by atoms with Crippen LogP contribution in [0.1, 0.15) is 27.4 Å². The largest absolute Gasteiger partial charge is 0.491 e. The third-order valence-electron chi connectivity index (χ3n) is 3.15. The molecule has 0 aliphatic carbocycles. The number of furan rings is 1. The van der Waals surface area contributed by atoms with Gasteiger partial charge in [-0.05, 0) is 31.5 Å². The maximum absolute atomic E-state index is 12.0. The third-order valence-corrected chi connectivity index (χ3v) is 3.15. The number of aliphatic hydroxyl groups is 1. The molecule has 5 heteroatoms. The summed E-state index contributed by atoms with van der Waals surface area (Å²) in [7, 11) is 0. The van der Waals surface area contributed by atoms with Gasteiger partial charge in [-0.15, -0.1) is 0 Å². The number of amides is 1. The zero-order valence-corrected chi connectivity index (χ0v) is 12.2. The number of hydrogen-bond donors (Lipinski definition) is 2. The molecule has 2 N–H and O–H groups in total. The first-order chi connectivity index (χ1) is 10.1. The summed E-state index contributed by atoms with van der Waals surface area (Å²) >= 11 is 0. The smallest absolute Gasteiger partial charge is 0.287 e. The maximum Gasteiger partial charge on any atom is 0.287 e. The van der Waals surface area contributed by atoms with Gasteiger partial charge in [0.05, 0.1) is 6.61 Å². The van der Waals surface area contributed by atoms with Crippen LogP contribution in [0.25, 0.3) is 0 Å². The fourth-order valence-corrected chi connectivity index (χ4v) is 1.89. The molecule has 0 saturated heterocycles. The van der Waals surface area contributed by atoms with Crippen molar-refractivity contribution < 1.29 is 19.1 Å². The van der Waals surface area contributed by atoms with Crippen LogP contribution >= 0.6 is 0 Å². The molecule has 2 rings (SSSR count). The van der Waals surface area contributed by atoms with Gasteiger partial charge in [-0.2, -0.15) is 0 Å². The molecule has 0 fully saturated rings. The van der Waals surface area contributed by atoms with Gasteiger partial charge in [0, 0.05) is 12.1 Å². The summed E-state index contributed by atoms with van der Waals surface area (Å²) in [4.78, 5) is 12.0. The Balaban J connectivity index is 2.01. The lowest BCUT2D eigenvalue weighted by atomic mass is 10.2. The van der Waals surface area contributed by atoms with Crippen molar-refractivity contribution in [3.8, 4) is 5.75 Å². The van der Waals surface area contributed by atoms with Crippen LogP contribution in [0.15, 0.2) is 34.7 Å². The van der Waals surface area contributed by atoms with Crippen molar-refractivity contribution in [2.75, 3.05) is 13.2 Å². The molecule has 0 unspecified atom stereocenters. The molecule has 1 aromatic heterocycles. The zero-order chi connectivity index (χ0) is 15.2. The highest BCUT2D eigenvalue weighted by Crippen LogP contribution is 2.18. The first-order valence-electron chi connectivity index (χ1n) is 6.78. The van der Waals surface area contributed by atoms with Crippen LogP contribution in [0.3, 0.4) is 0 Å². The Bertz CT molecular complexity index is 599. The standard InChI is InChI=1S/C16H19NO4/c1-11-9-15(21-12(11)2)16(19)17-10-13-5-3-4-6-14(13)20-8-7-18/h3-6,9,18H,7-8,10H2,1-2H3,(H,17,19). The van der Waals surface area contributed by atoms with E-state index in [2.05, 4.69) is 5.32 Å². The van der Waals surface area contributed by atoms with Gasteiger partial charge in [-0.1, -0.05) is 18.2 Å². The average Bonchev–Trinajstić information content (AvgIpc) is 2.83. The molecule has 2 aromatic rings. The SMILES string of the molecule is Cc1cc(C(=O)NCc2ccccc2OCCO)oc1C. The summed E-state index contributed by atoms with van der Waals surface area (Å²) in [5, 5.41) is 11.6. The zero-order valence-electron chi connectivity index (χ0n) is 12.2. The van der Waals surface area contributed by atoms with Crippen molar-refractivity contribution >= 4 is 5.91 Å². The van der Waals surface area contributed by atoms with Crippen molar-refractivity contribution in [1.82, 2.24) is 5.32 Å². The Hall–Kier alpha value is -2.27. The Kier molecular flexibility index (Phi) is 5.00. The van der Waals surface area contributed by atoms with E-state index in [1.165, 1.54) is 0 Å². The predicted molar refractivity (Wildman–Crippen MR) is 78.4 cm³/mol. The van der Waals surface area contributed by atoms with Gasteiger partial charge in [0.2, 0.25) is 0 Å². The van der Waals surface area contributed by atoms with Crippen LogP contribution in [0.4, 0.5) is 0 Å². The van der Waals surface area contributed by atoms with Crippen molar-refractivity contribution in [3.63, 3.8) is 0 Å². The van der Waals surface area contributed by atoms with E-state index in [4.69, 9.17) is 14.3 Å². The van der Waals surface area contributed by atoms with Crippen molar-refractivity contribution in [2.24, 2.45) is 0 Å². The Morgan fingerprint density at radius 1 is 1.33 bits per heavy atom. The maximum atomic E-state index is 12.0. The summed E-state index contributed by atoms with van der Waals surface area (Å²) in [5.41, 5.74) is 1.80. The van der Waals surface area contributed by atoms with E-state index < -0.39 is 0 Å². The minimum atomic E-state index is -0.261. The van der Waals surface area contributed by atoms with Crippen LogP contribution in [-0.2, 0) is 6.54 Å². The van der Waals surface area contributed by atoms with Gasteiger partial charge in [-0.3, -0.25) is 4.79 Å². The summed E-state index contributed by atoms with van der Waals surface area (Å²) in [6.45, 7) is 4.23. The highest BCUT2D eigenvalue weighted by Gasteiger charge is 2.13. The second kappa shape index (κ2) is 6.95. The lowest BCUT2D eigenvalue weighted by molar-refractivity contribution is 0.0921. The fraction of sp³-hybridized carbons (Fsp3) is 0.312. The van der Waals surface area contributed by atoms with E-state index in [1.807, 2.05) is 32.0 Å². The van der Waals surface area contributed by atoms with E-state index in [0.717, 1.165) is 16.9 Å². The van der Waals surface area contributed by atoms with E-state index in [1.54, 1.807) is 12.1 Å². The highest BCUT2D eigenvalue weighted by molar-refractivity contribution is 5.91. The molecule has 0 aliphatic heterocycles. The molecule has 112 valence electrons. The predicted octanol–water partition coefficient (Wildman–Crippen LogP) is 2.20. The molecule has 0 atom stereocenters. The van der Waals surface area contributed by atoms with E-state index >= 15 is 0 Å². The molecule has 1 amide bonds. The van der Waals surface area contributed by atoms with Crippen LogP contribution in [0.5, 0.6) is 5.75 Å². The van der Waals surface area contributed by atoms with Gasteiger partial charge < -0.3 is 19.6 Å². The van der Waals surface area contributed by atoms with Gasteiger partial charge >= 0.3 is 0 Å². The number of aliphatic hydroxyl groups excluding tert-OH is 1. The Morgan fingerprint density at radius 3 is 2.76 bits per heavy atom. The van der Waals surface area contributed by atoms with Crippen LogP contribution in [0.2, 0.25) is 0 Å². The fourth-order valence-electron chi connectivity index (χ4n) is 1.89. The Labute approximate surface area is 123 Å². The normalized spacial score (nSPS) is 10.4. The van der Waals surface area contributed by atoms with E-state index in [9.17, 15) is 4.79 Å². The highest BCUT2D eigenvalue weighted by atomic mass is 16.5.